The topological polar surface area (TPSA) is 73.1 Å². The Kier molecular flexibility index (Phi) is 3.73. The fraction of sp³-hybridized carbons (Fsp3) is 0.235. The summed E-state index contributed by atoms with van der Waals surface area (Å²) in [7, 11) is 0. The van der Waals surface area contributed by atoms with Gasteiger partial charge in [-0.3, -0.25) is 0 Å². The second-order valence-corrected chi connectivity index (χ2v) is 5.42. The van der Waals surface area contributed by atoms with Gasteiger partial charge in [0.1, 0.15) is 5.75 Å². The van der Waals surface area contributed by atoms with Crippen molar-refractivity contribution in [3.63, 3.8) is 0 Å². The number of hydrogen-bond donors (Lipinski definition) is 1. The molecule has 1 N–H and O–H groups in total. The molecule has 3 aromatic rings. The first kappa shape index (κ1) is 13.9. The molecule has 1 saturated heterocycles. The van der Waals surface area contributed by atoms with Gasteiger partial charge in [0.25, 0.3) is 0 Å². The summed E-state index contributed by atoms with van der Waals surface area (Å²) in [5, 5.41) is 7.40. The van der Waals surface area contributed by atoms with E-state index in [0.717, 1.165) is 30.8 Å². The molecule has 0 radical (unpaired) electrons. The van der Waals surface area contributed by atoms with Crippen LogP contribution in [0.5, 0.6) is 11.6 Å². The third-order valence-corrected chi connectivity index (χ3v) is 3.82. The quantitative estimate of drug-likeness (QED) is 0.798. The van der Waals surface area contributed by atoms with E-state index in [1.807, 2.05) is 42.5 Å². The zero-order valence-electron chi connectivity index (χ0n) is 12.5. The Labute approximate surface area is 133 Å². The van der Waals surface area contributed by atoms with Crippen LogP contribution in [0.2, 0.25) is 0 Å². The Morgan fingerprint density at radius 2 is 2.04 bits per heavy atom. The average molecular weight is 308 g/mol. The number of rotatable bonds is 4. The number of hydrogen-bond acceptors (Lipinski definition) is 6. The Morgan fingerprint density at radius 3 is 2.87 bits per heavy atom. The molecule has 1 aliphatic heterocycles. The fourth-order valence-corrected chi connectivity index (χ4v) is 2.62. The molecule has 1 fully saturated rings. The van der Waals surface area contributed by atoms with Crippen LogP contribution in [-0.2, 0) is 0 Å². The second-order valence-electron chi connectivity index (χ2n) is 5.42. The molecule has 1 aromatic carbocycles. The fourth-order valence-electron chi connectivity index (χ4n) is 2.62. The molecule has 116 valence electrons. The van der Waals surface area contributed by atoms with Crippen LogP contribution in [0.4, 0.5) is 0 Å². The van der Waals surface area contributed by atoms with Crippen LogP contribution < -0.4 is 10.1 Å². The van der Waals surface area contributed by atoms with Crippen molar-refractivity contribution in [1.29, 1.82) is 0 Å². The normalized spacial score (nSPS) is 17.3. The highest BCUT2D eigenvalue weighted by molar-refractivity contribution is 5.61. The van der Waals surface area contributed by atoms with Gasteiger partial charge in [-0.25, -0.2) is 4.98 Å². The van der Waals surface area contributed by atoms with Crippen LogP contribution >= 0.6 is 0 Å². The summed E-state index contributed by atoms with van der Waals surface area (Å²) < 4.78 is 11.3. The van der Waals surface area contributed by atoms with E-state index in [4.69, 9.17) is 9.26 Å². The Hall–Kier alpha value is -2.73. The van der Waals surface area contributed by atoms with E-state index in [1.165, 1.54) is 0 Å². The lowest BCUT2D eigenvalue weighted by Crippen LogP contribution is -2.08. The SMILES string of the molecule is c1ccc(Oc2ncccc2-c2noc([C@@H]3CCNC3)n2)cc1. The predicted octanol–water partition coefficient (Wildman–Crippen LogP) is 3.00. The Morgan fingerprint density at radius 1 is 1.13 bits per heavy atom. The smallest absolute Gasteiger partial charge is 0.231 e. The summed E-state index contributed by atoms with van der Waals surface area (Å²) in [6.45, 7) is 1.86. The Bertz CT molecular complexity index is 782. The van der Waals surface area contributed by atoms with Gasteiger partial charge in [0.05, 0.1) is 11.5 Å². The molecule has 0 bridgehead atoms. The predicted molar refractivity (Wildman–Crippen MR) is 84.3 cm³/mol. The monoisotopic (exact) mass is 308 g/mol. The maximum absolute atomic E-state index is 5.85. The molecule has 1 atom stereocenters. The van der Waals surface area contributed by atoms with E-state index in [9.17, 15) is 0 Å². The number of para-hydroxylation sites is 1. The minimum atomic E-state index is 0.284. The highest BCUT2D eigenvalue weighted by atomic mass is 16.5. The molecule has 3 heterocycles. The molecule has 0 aliphatic carbocycles. The summed E-state index contributed by atoms with van der Waals surface area (Å²) >= 11 is 0. The van der Waals surface area contributed by atoms with E-state index in [1.54, 1.807) is 6.20 Å². The van der Waals surface area contributed by atoms with Gasteiger partial charge in [0.2, 0.25) is 17.6 Å². The largest absolute Gasteiger partial charge is 0.438 e. The Balaban J connectivity index is 1.64. The van der Waals surface area contributed by atoms with Gasteiger partial charge in [-0.2, -0.15) is 4.98 Å². The van der Waals surface area contributed by atoms with Crippen molar-refractivity contribution in [3.05, 3.63) is 54.6 Å². The van der Waals surface area contributed by atoms with Crippen LogP contribution in [-0.4, -0.2) is 28.2 Å². The molecule has 2 aromatic heterocycles. The molecule has 0 amide bonds. The molecule has 0 spiro atoms. The van der Waals surface area contributed by atoms with Gasteiger partial charge < -0.3 is 14.6 Å². The number of ether oxygens (including phenoxy) is 1. The zero-order chi connectivity index (χ0) is 15.5. The number of nitrogens with one attached hydrogen (secondary N) is 1. The molecular formula is C17H16N4O2. The number of nitrogens with zero attached hydrogens (tertiary/aromatic N) is 3. The van der Waals surface area contributed by atoms with Gasteiger partial charge in [-0.1, -0.05) is 23.4 Å². The molecule has 0 saturated carbocycles. The van der Waals surface area contributed by atoms with Crippen LogP contribution in [0.1, 0.15) is 18.2 Å². The molecule has 4 rings (SSSR count). The van der Waals surface area contributed by atoms with E-state index < -0.39 is 0 Å². The minimum Gasteiger partial charge on any atom is -0.438 e. The number of benzene rings is 1. The van der Waals surface area contributed by atoms with Crippen molar-refractivity contribution in [2.75, 3.05) is 13.1 Å². The molecule has 1 aliphatic rings. The van der Waals surface area contributed by atoms with E-state index in [0.29, 0.717) is 17.6 Å². The van der Waals surface area contributed by atoms with Crippen LogP contribution in [0.25, 0.3) is 11.4 Å². The van der Waals surface area contributed by atoms with Crippen LogP contribution in [0.15, 0.2) is 53.2 Å². The van der Waals surface area contributed by atoms with Gasteiger partial charge in [-0.05, 0) is 37.2 Å². The van der Waals surface area contributed by atoms with Crippen molar-refractivity contribution >= 4 is 0 Å². The lowest BCUT2D eigenvalue weighted by atomic mass is 10.1. The van der Waals surface area contributed by atoms with Crippen molar-refractivity contribution in [2.45, 2.75) is 12.3 Å². The maximum atomic E-state index is 5.85. The van der Waals surface area contributed by atoms with Crippen molar-refractivity contribution in [2.24, 2.45) is 0 Å². The third kappa shape index (κ3) is 2.93. The first-order chi connectivity index (χ1) is 11.4. The molecule has 0 unspecified atom stereocenters. The summed E-state index contributed by atoms with van der Waals surface area (Å²) in [6, 6.07) is 13.2. The number of pyridine rings is 1. The van der Waals surface area contributed by atoms with E-state index >= 15 is 0 Å². The third-order valence-electron chi connectivity index (χ3n) is 3.82. The van der Waals surface area contributed by atoms with Gasteiger partial charge in [0.15, 0.2) is 0 Å². The highest BCUT2D eigenvalue weighted by Crippen LogP contribution is 2.31. The average Bonchev–Trinajstić information content (AvgIpc) is 3.28. The molecular weight excluding hydrogens is 292 g/mol. The first-order valence-electron chi connectivity index (χ1n) is 7.63. The molecule has 6 heteroatoms. The standard InChI is InChI=1S/C17H16N4O2/c1-2-5-13(6-3-1)22-17-14(7-4-9-19-17)15-20-16(23-21-15)12-8-10-18-11-12/h1-7,9,12,18H,8,10-11H2/t12-/m1/s1. The van der Waals surface area contributed by atoms with Crippen molar-refractivity contribution in [1.82, 2.24) is 20.4 Å². The first-order valence-corrected chi connectivity index (χ1v) is 7.63. The van der Waals surface area contributed by atoms with Crippen LogP contribution in [0, 0.1) is 0 Å². The van der Waals surface area contributed by atoms with Gasteiger partial charge >= 0.3 is 0 Å². The summed E-state index contributed by atoms with van der Waals surface area (Å²) in [5.74, 6) is 2.64. The summed E-state index contributed by atoms with van der Waals surface area (Å²) in [5.41, 5.74) is 0.720. The lowest BCUT2D eigenvalue weighted by molar-refractivity contribution is 0.359. The van der Waals surface area contributed by atoms with Gasteiger partial charge in [0, 0.05) is 12.7 Å². The second kappa shape index (κ2) is 6.18. The van der Waals surface area contributed by atoms with Crippen molar-refractivity contribution in [3.8, 4) is 23.0 Å². The molecule has 23 heavy (non-hydrogen) atoms. The van der Waals surface area contributed by atoms with Crippen molar-refractivity contribution < 1.29 is 9.26 Å². The van der Waals surface area contributed by atoms with E-state index in [-0.39, 0.29) is 5.92 Å². The summed E-state index contributed by atoms with van der Waals surface area (Å²) in [4.78, 5) is 8.83. The van der Waals surface area contributed by atoms with E-state index in [2.05, 4.69) is 20.4 Å². The molecule has 6 nitrogen and oxygen atoms in total. The lowest BCUT2D eigenvalue weighted by Gasteiger charge is -2.07. The number of aromatic nitrogens is 3. The van der Waals surface area contributed by atoms with Crippen LogP contribution in [0.3, 0.4) is 0 Å². The minimum absolute atomic E-state index is 0.284. The van der Waals surface area contributed by atoms with Gasteiger partial charge in [-0.15, -0.1) is 0 Å². The summed E-state index contributed by atoms with van der Waals surface area (Å²) in [6.07, 6.45) is 2.70. The zero-order valence-corrected chi connectivity index (χ0v) is 12.5. The maximum Gasteiger partial charge on any atom is 0.231 e. The highest BCUT2D eigenvalue weighted by Gasteiger charge is 2.24.